The second-order valence-corrected chi connectivity index (χ2v) is 4.98. The minimum atomic E-state index is -0.120. The van der Waals surface area contributed by atoms with Crippen LogP contribution in [0.5, 0.6) is 5.75 Å². The lowest BCUT2D eigenvalue weighted by atomic mass is 10.1. The highest BCUT2D eigenvalue weighted by atomic mass is 16.5. The molecular weight excluding hydrogens is 256 g/mol. The summed E-state index contributed by atoms with van der Waals surface area (Å²) in [7, 11) is 1.74. The van der Waals surface area contributed by atoms with Crippen LogP contribution < -0.4 is 4.74 Å². The Kier molecular flexibility index (Phi) is 3.14. The van der Waals surface area contributed by atoms with E-state index in [4.69, 9.17) is 4.74 Å². The van der Waals surface area contributed by atoms with Crippen molar-refractivity contribution < 1.29 is 9.53 Å². The molecule has 0 radical (unpaired) electrons. The van der Waals surface area contributed by atoms with Gasteiger partial charge in [0.2, 0.25) is 0 Å². The van der Waals surface area contributed by atoms with Crippen molar-refractivity contribution in [2.24, 2.45) is 7.05 Å². The van der Waals surface area contributed by atoms with E-state index in [1.165, 1.54) is 4.68 Å². The molecule has 2 aromatic rings. The van der Waals surface area contributed by atoms with E-state index in [1.807, 2.05) is 31.2 Å². The van der Waals surface area contributed by atoms with Gasteiger partial charge in [0, 0.05) is 12.6 Å². The van der Waals surface area contributed by atoms with Crippen LogP contribution in [-0.2, 0) is 13.6 Å². The Bertz CT molecular complexity index is 638. The highest BCUT2D eigenvalue weighted by molar-refractivity contribution is 5.92. The largest absolute Gasteiger partial charge is 0.491 e. The number of hydrogen-bond acceptors (Lipinski definition) is 4. The van der Waals surface area contributed by atoms with Gasteiger partial charge in [-0.05, 0) is 13.0 Å². The highest BCUT2D eigenvalue weighted by Crippen LogP contribution is 2.25. The molecule has 1 aromatic heterocycles. The molecule has 6 heteroatoms. The Morgan fingerprint density at radius 1 is 1.40 bits per heavy atom. The zero-order chi connectivity index (χ0) is 14.1. The molecule has 1 aliphatic heterocycles. The molecule has 0 N–H and O–H groups in total. The Morgan fingerprint density at radius 2 is 2.20 bits per heavy atom. The molecule has 3 rings (SSSR count). The van der Waals surface area contributed by atoms with Crippen LogP contribution >= 0.6 is 0 Å². The third-order valence-electron chi connectivity index (χ3n) is 3.41. The molecular formula is C14H16N4O2. The fraction of sp³-hybridized carbons (Fsp3) is 0.357. The van der Waals surface area contributed by atoms with Crippen LogP contribution in [0.15, 0.2) is 30.5 Å². The van der Waals surface area contributed by atoms with Gasteiger partial charge in [-0.15, -0.1) is 5.10 Å². The SMILES string of the molecule is CC1COc2ccccc2CN1C(=O)c1cn(C)nn1. The van der Waals surface area contributed by atoms with Crippen molar-refractivity contribution in [1.82, 2.24) is 19.9 Å². The quantitative estimate of drug-likeness (QED) is 0.783. The van der Waals surface area contributed by atoms with E-state index < -0.39 is 0 Å². The van der Waals surface area contributed by atoms with Crippen LogP contribution in [-0.4, -0.2) is 38.4 Å². The molecule has 1 amide bonds. The fourth-order valence-corrected chi connectivity index (χ4v) is 2.28. The van der Waals surface area contributed by atoms with Gasteiger partial charge in [-0.25, -0.2) is 0 Å². The summed E-state index contributed by atoms with van der Waals surface area (Å²) in [5.74, 6) is 0.722. The molecule has 1 atom stereocenters. The van der Waals surface area contributed by atoms with Crippen LogP contribution in [0.4, 0.5) is 0 Å². The molecule has 0 spiro atoms. The van der Waals surface area contributed by atoms with Crippen molar-refractivity contribution in [2.45, 2.75) is 19.5 Å². The first kappa shape index (κ1) is 12.7. The number of amides is 1. The molecule has 104 valence electrons. The Labute approximate surface area is 117 Å². The van der Waals surface area contributed by atoms with Gasteiger partial charge >= 0.3 is 0 Å². The standard InChI is InChI=1S/C14H16N4O2/c1-10-9-20-13-6-4-3-5-11(13)7-18(10)14(19)12-8-17(2)16-15-12/h3-6,8,10H,7,9H2,1-2H3. The molecule has 0 aliphatic carbocycles. The zero-order valence-electron chi connectivity index (χ0n) is 11.5. The number of aryl methyl sites for hydroxylation is 1. The second kappa shape index (κ2) is 4.96. The van der Waals surface area contributed by atoms with Gasteiger partial charge in [-0.1, -0.05) is 23.4 Å². The minimum Gasteiger partial charge on any atom is -0.491 e. The molecule has 20 heavy (non-hydrogen) atoms. The van der Waals surface area contributed by atoms with E-state index in [-0.39, 0.29) is 11.9 Å². The monoisotopic (exact) mass is 272 g/mol. The van der Waals surface area contributed by atoms with E-state index in [1.54, 1.807) is 18.1 Å². The number of carbonyl (C=O) groups is 1. The first-order valence-electron chi connectivity index (χ1n) is 6.53. The fourth-order valence-electron chi connectivity index (χ4n) is 2.28. The van der Waals surface area contributed by atoms with E-state index in [0.717, 1.165) is 11.3 Å². The number of hydrogen-bond donors (Lipinski definition) is 0. The maximum absolute atomic E-state index is 12.5. The maximum atomic E-state index is 12.5. The van der Waals surface area contributed by atoms with Crippen molar-refractivity contribution in [3.8, 4) is 5.75 Å². The van der Waals surface area contributed by atoms with Gasteiger partial charge in [-0.2, -0.15) is 0 Å². The van der Waals surface area contributed by atoms with Gasteiger partial charge in [0.1, 0.15) is 12.4 Å². The molecule has 0 bridgehead atoms. The topological polar surface area (TPSA) is 60.2 Å². The number of aromatic nitrogens is 3. The summed E-state index contributed by atoms with van der Waals surface area (Å²) in [5.41, 5.74) is 1.37. The number of rotatable bonds is 1. The molecule has 0 saturated carbocycles. The van der Waals surface area contributed by atoms with Crippen molar-refractivity contribution in [1.29, 1.82) is 0 Å². The van der Waals surface area contributed by atoms with E-state index in [0.29, 0.717) is 18.8 Å². The lowest BCUT2D eigenvalue weighted by molar-refractivity contribution is 0.0639. The average Bonchev–Trinajstić information content (AvgIpc) is 2.81. The Morgan fingerprint density at radius 3 is 2.95 bits per heavy atom. The molecule has 2 heterocycles. The first-order valence-corrected chi connectivity index (χ1v) is 6.53. The van der Waals surface area contributed by atoms with Crippen molar-refractivity contribution in [3.63, 3.8) is 0 Å². The lowest BCUT2D eigenvalue weighted by Gasteiger charge is -2.25. The summed E-state index contributed by atoms with van der Waals surface area (Å²) < 4.78 is 7.28. The minimum absolute atomic E-state index is 0.0168. The van der Waals surface area contributed by atoms with Gasteiger partial charge in [0.05, 0.1) is 18.8 Å². The molecule has 1 aromatic carbocycles. The number of fused-ring (bicyclic) bond motifs is 1. The third-order valence-corrected chi connectivity index (χ3v) is 3.41. The molecule has 1 unspecified atom stereocenters. The van der Waals surface area contributed by atoms with Crippen LogP contribution in [0.3, 0.4) is 0 Å². The summed E-state index contributed by atoms with van der Waals surface area (Å²) in [6.45, 7) is 2.97. The Hall–Kier alpha value is -2.37. The number of para-hydroxylation sites is 1. The molecule has 0 fully saturated rings. The number of nitrogens with zero attached hydrogens (tertiary/aromatic N) is 4. The van der Waals surface area contributed by atoms with Crippen LogP contribution in [0.2, 0.25) is 0 Å². The maximum Gasteiger partial charge on any atom is 0.276 e. The number of ether oxygens (including phenoxy) is 1. The van der Waals surface area contributed by atoms with E-state index in [2.05, 4.69) is 10.3 Å². The van der Waals surface area contributed by atoms with Gasteiger partial charge < -0.3 is 9.64 Å². The van der Waals surface area contributed by atoms with E-state index in [9.17, 15) is 4.79 Å². The van der Waals surface area contributed by atoms with Crippen molar-refractivity contribution >= 4 is 5.91 Å². The summed E-state index contributed by atoms with van der Waals surface area (Å²) in [4.78, 5) is 14.3. The van der Waals surface area contributed by atoms with Gasteiger partial charge in [0.15, 0.2) is 5.69 Å². The predicted octanol–water partition coefficient (Wildman–Crippen LogP) is 1.24. The average molecular weight is 272 g/mol. The summed E-state index contributed by atoms with van der Waals surface area (Å²) >= 11 is 0. The second-order valence-electron chi connectivity index (χ2n) is 4.98. The predicted molar refractivity (Wildman–Crippen MR) is 72.3 cm³/mol. The van der Waals surface area contributed by atoms with E-state index >= 15 is 0 Å². The summed E-state index contributed by atoms with van der Waals surface area (Å²) in [6, 6.07) is 7.77. The van der Waals surface area contributed by atoms with Crippen LogP contribution in [0.25, 0.3) is 0 Å². The third kappa shape index (κ3) is 2.24. The lowest BCUT2D eigenvalue weighted by Crippen LogP contribution is -2.40. The van der Waals surface area contributed by atoms with Crippen molar-refractivity contribution in [3.05, 3.63) is 41.7 Å². The molecule has 0 saturated heterocycles. The highest BCUT2D eigenvalue weighted by Gasteiger charge is 2.27. The van der Waals surface area contributed by atoms with Crippen LogP contribution in [0.1, 0.15) is 23.0 Å². The van der Waals surface area contributed by atoms with Crippen molar-refractivity contribution in [2.75, 3.05) is 6.61 Å². The summed E-state index contributed by atoms with van der Waals surface area (Å²) in [5, 5.41) is 7.71. The first-order chi connectivity index (χ1) is 9.65. The number of carbonyl (C=O) groups excluding carboxylic acids is 1. The number of benzene rings is 1. The molecule has 6 nitrogen and oxygen atoms in total. The van der Waals surface area contributed by atoms with Gasteiger partial charge in [0.25, 0.3) is 5.91 Å². The smallest absolute Gasteiger partial charge is 0.276 e. The van der Waals surface area contributed by atoms with Gasteiger partial charge in [-0.3, -0.25) is 9.48 Å². The Balaban J connectivity index is 1.90. The van der Waals surface area contributed by atoms with Crippen LogP contribution in [0, 0.1) is 0 Å². The molecule has 1 aliphatic rings. The normalized spacial score (nSPS) is 18.1. The summed E-state index contributed by atoms with van der Waals surface area (Å²) in [6.07, 6.45) is 1.63. The zero-order valence-corrected chi connectivity index (χ0v) is 11.5.